The molecule has 0 heterocycles. The van der Waals surface area contributed by atoms with Crippen LogP contribution < -0.4 is 0 Å². The second-order valence-electron chi connectivity index (χ2n) is 23.0. The van der Waals surface area contributed by atoms with Gasteiger partial charge in [0.15, 0.2) is 0 Å². The molecule has 5 aromatic rings. The van der Waals surface area contributed by atoms with Crippen molar-refractivity contribution in [2.45, 2.75) is 168 Å². The first-order valence-corrected chi connectivity index (χ1v) is 36.5. The van der Waals surface area contributed by atoms with E-state index < -0.39 is 50.1 Å². The lowest BCUT2D eigenvalue weighted by Crippen LogP contribution is -2.36. The van der Waals surface area contributed by atoms with Gasteiger partial charge >= 0.3 is 0 Å². The summed E-state index contributed by atoms with van der Waals surface area (Å²) in [5.41, 5.74) is 10.7. The largest absolute Gasteiger partial charge is 0.244 e. The minimum atomic E-state index is -4.23. The molecule has 0 radical (unpaired) electrons. The van der Waals surface area contributed by atoms with Gasteiger partial charge in [-0.2, -0.15) is 21.5 Å². The Labute approximate surface area is 512 Å². The number of hydrogen-bond acceptors (Lipinski definition) is 10. The van der Waals surface area contributed by atoms with Gasteiger partial charge in [0.25, 0.3) is 0 Å². The molecule has 5 aromatic carbocycles. The molecule has 0 aliphatic rings. The highest BCUT2D eigenvalue weighted by molar-refractivity contribution is 7.90. The van der Waals surface area contributed by atoms with Gasteiger partial charge < -0.3 is 0 Å². The van der Waals surface area contributed by atoms with Crippen molar-refractivity contribution >= 4 is 50.1 Å². The van der Waals surface area contributed by atoms with Crippen molar-refractivity contribution in [2.75, 3.05) is 65.4 Å². The third-order valence-electron chi connectivity index (χ3n) is 15.4. The summed E-state index contributed by atoms with van der Waals surface area (Å²) in [6.07, 6.45) is 7.91. The van der Waals surface area contributed by atoms with Crippen LogP contribution in [-0.4, -0.2) is 129 Å². The predicted molar refractivity (Wildman–Crippen MR) is 345 cm³/mol. The third-order valence-corrected chi connectivity index (χ3v) is 26.5. The van der Waals surface area contributed by atoms with Crippen LogP contribution in [0.5, 0.6) is 0 Å². The molecule has 85 heavy (non-hydrogen) atoms. The number of rotatable bonds is 30. The molecule has 0 unspecified atom stereocenters. The Bertz CT molecular complexity index is 3570. The van der Waals surface area contributed by atoms with Crippen molar-refractivity contribution in [3.05, 3.63) is 168 Å². The lowest BCUT2D eigenvalue weighted by molar-refractivity contribution is 0.387. The van der Waals surface area contributed by atoms with Crippen LogP contribution in [0.25, 0.3) is 0 Å². The maximum Gasteiger partial charge on any atom is 0.244 e. The van der Waals surface area contributed by atoms with Crippen LogP contribution in [-0.2, 0) is 50.1 Å². The van der Waals surface area contributed by atoms with Gasteiger partial charge in [0, 0.05) is 65.4 Å². The Morgan fingerprint density at radius 3 is 0.600 bits per heavy atom. The quantitative estimate of drug-likeness (QED) is 0.0316. The van der Waals surface area contributed by atoms with Crippen LogP contribution in [0.2, 0.25) is 0 Å². The summed E-state index contributed by atoms with van der Waals surface area (Å²) in [4.78, 5) is 1.05. The van der Waals surface area contributed by atoms with Crippen LogP contribution in [0, 0.1) is 104 Å². The average Bonchev–Trinajstić information content (AvgIpc) is 2.55. The highest BCUT2D eigenvalue weighted by Crippen LogP contribution is 2.31. The van der Waals surface area contributed by atoms with Gasteiger partial charge in [0.1, 0.15) is 0 Å². The number of sulfonamides is 5. The van der Waals surface area contributed by atoms with E-state index in [0.717, 1.165) is 27.8 Å². The molecular formula is C65H93N5O10S5. The molecule has 15 nitrogen and oxygen atoms in total. The Morgan fingerprint density at radius 1 is 0.259 bits per heavy atom. The van der Waals surface area contributed by atoms with E-state index >= 15 is 0 Å². The molecule has 0 fully saturated rings. The molecule has 0 bridgehead atoms. The number of benzene rings is 5. The highest BCUT2D eigenvalue weighted by atomic mass is 32.2. The number of unbranched alkanes of at least 4 members (excludes halogenated alkanes) is 2. The first kappa shape index (κ1) is 70.9. The third kappa shape index (κ3) is 16.9. The van der Waals surface area contributed by atoms with E-state index in [1.807, 2.05) is 83.1 Å². The molecule has 0 saturated heterocycles. The summed E-state index contributed by atoms with van der Waals surface area (Å²) in [6, 6.07) is 18.3. The number of hydrogen-bond donors (Lipinski definition) is 0. The van der Waals surface area contributed by atoms with Crippen LogP contribution in [0.1, 0.15) is 123 Å². The molecule has 20 heteroatoms. The van der Waals surface area contributed by atoms with Crippen molar-refractivity contribution in [3.63, 3.8) is 0 Å². The fourth-order valence-corrected chi connectivity index (χ4v) is 21.5. The van der Waals surface area contributed by atoms with E-state index in [-0.39, 0.29) is 89.9 Å². The molecular weight excluding hydrogens is 1170 g/mol. The van der Waals surface area contributed by atoms with Gasteiger partial charge in [0.2, 0.25) is 50.1 Å². The molecule has 0 saturated carbocycles. The zero-order valence-electron chi connectivity index (χ0n) is 53.3. The van der Waals surface area contributed by atoms with Crippen LogP contribution in [0.15, 0.2) is 109 Å². The minimum Gasteiger partial charge on any atom is -0.207 e. The minimum absolute atomic E-state index is 0.0515. The molecule has 0 amide bonds. The summed E-state index contributed by atoms with van der Waals surface area (Å²) in [7, 11) is -20.2. The van der Waals surface area contributed by atoms with Crippen molar-refractivity contribution in [2.24, 2.45) is 0 Å². The van der Waals surface area contributed by atoms with E-state index in [4.69, 9.17) is 0 Å². The van der Waals surface area contributed by atoms with Crippen LogP contribution in [0.4, 0.5) is 0 Å². The first-order chi connectivity index (χ1) is 39.5. The summed E-state index contributed by atoms with van der Waals surface area (Å²) in [5.74, 6) is 0. The summed E-state index contributed by atoms with van der Waals surface area (Å²) in [6.45, 7) is 31.1. The second kappa shape index (κ2) is 29.4. The second-order valence-corrected chi connectivity index (χ2v) is 32.4. The smallest absolute Gasteiger partial charge is 0.207 e. The lowest BCUT2D eigenvalue weighted by atomic mass is 10.1. The van der Waals surface area contributed by atoms with E-state index in [0.29, 0.717) is 81.3 Å². The van der Waals surface area contributed by atoms with E-state index in [1.165, 1.54) is 21.5 Å². The Kier molecular flexibility index (Phi) is 24.5. The summed E-state index contributed by atoms with van der Waals surface area (Å²) < 4.78 is 152. The molecule has 0 atom stereocenters. The van der Waals surface area contributed by atoms with Gasteiger partial charge in [-0.25, -0.2) is 42.1 Å². The maximum atomic E-state index is 14.9. The van der Waals surface area contributed by atoms with Gasteiger partial charge in [-0.15, -0.1) is 0 Å². The molecule has 0 aliphatic heterocycles. The fraction of sp³-hybridized carbons (Fsp3) is 0.477. The first-order valence-electron chi connectivity index (χ1n) is 29.2. The summed E-state index contributed by atoms with van der Waals surface area (Å²) >= 11 is 0. The molecule has 0 aliphatic carbocycles. The van der Waals surface area contributed by atoms with Crippen LogP contribution >= 0.6 is 0 Å². The van der Waals surface area contributed by atoms with E-state index in [2.05, 4.69) is 0 Å². The molecule has 0 N–H and O–H groups in total. The summed E-state index contributed by atoms with van der Waals surface area (Å²) in [5, 5.41) is 0. The average molecular weight is 1260 g/mol. The van der Waals surface area contributed by atoms with Crippen molar-refractivity contribution < 1.29 is 42.1 Å². The molecule has 0 aromatic heterocycles. The lowest BCUT2D eigenvalue weighted by Gasteiger charge is -2.26. The molecule has 5 rings (SSSR count). The van der Waals surface area contributed by atoms with Crippen molar-refractivity contribution in [1.29, 1.82) is 0 Å². The standard InChI is InChI=1S/C65H93N5O10S5/c1-18-66(81(71,72)61-51(8)36-46(3)37-52(61)9)28-20-22-30-68(83(75,76)63-55(12)40-48(5)41-56(63)13)32-24-26-34-70(85(79,80)65-59(16)44-50(7)45-60(65)17)35-27-25-33-69(84(77,78)64-57(14)42-49(6)43-58(64)15)31-23-21-29-67(19-2)82(73,74)62-53(10)38-47(4)39-54(62)11/h24-27,36-45H,18-23,28-35H2,1-17H3/b26-24-,27-25-. The van der Waals surface area contributed by atoms with Gasteiger partial charge in [0.05, 0.1) is 24.5 Å². The van der Waals surface area contributed by atoms with Crippen LogP contribution in [0.3, 0.4) is 0 Å². The molecule has 468 valence electrons. The van der Waals surface area contributed by atoms with E-state index in [9.17, 15) is 42.1 Å². The van der Waals surface area contributed by atoms with Crippen molar-refractivity contribution in [1.82, 2.24) is 21.5 Å². The normalized spacial score (nSPS) is 13.2. The monoisotopic (exact) mass is 1260 g/mol. The topological polar surface area (TPSA) is 187 Å². The zero-order valence-corrected chi connectivity index (χ0v) is 57.4. The van der Waals surface area contributed by atoms with Gasteiger partial charge in [-0.05, 0) is 185 Å². The predicted octanol–water partition coefficient (Wildman–Crippen LogP) is 11.8. The highest BCUT2D eigenvalue weighted by Gasteiger charge is 2.33. The molecule has 0 spiro atoms. The zero-order chi connectivity index (χ0) is 63.7. The van der Waals surface area contributed by atoms with Crippen molar-refractivity contribution in [3.8, 4) is 0 Å². The fourth-order valence-electron chi connectivity index (χ4n) is 12.2. The number of nitrogens with zero attached hydrogens (tertiary/aromatic N) is 5. The Morgan fingerprint density at radius 2 is 0.412 bits per heavy atom. The van der Waals surface area contributed by atoms with Gasteiger partial charge in [-0.1, -0.05) is 127 Å². The van der Waals surface area contributed by atoms with E-state index in [1.54, 1.807) is 120 Å². The Hall–Kier alpha value is -4.87. The maximum absolute atomic E-state index is 14.9. The SMILES string of the molecule is CCN(CCCCN(C/C=C\CN(C/C=C\CN(CCCCN(CC)S(=O)(=O)c1c(C)cc(C)cc1C)S(=O)(=O)c1c(C)cc(C)cc1C)S(=O)(=O)c1c(C)cc(C)cc1C)S(=O)(=O)c1c(C)cc(C)cc1C)S(=O)(=O)c1c(C)cc(C)cc1C. The Balaban J connectivity index is 1.45. The number of aryl methyl sites for hydroxylation is 15. The van der Waals surface area contributed by atoms with Gasteiger partial charge in [-0.3, -0.25) is 0 Å².